The maximum absolute atomic E-state index is 12.5. The lowest BCUT2D eigenvalue weighted by Crippen LogP contribution is -2.53. The number of aromatic hydroxyl groups is 1. The van der Waals surface area contributed by atoms with E-state index >= 15 is 0 Å². The zero-order valence-corrected chi connectivity index (χ0v) is 16.7. The number of hydrogen-bond donors (Lipinski definition) is 4. The molecule has 1 unspecified atom stereocenters. The monoisotopic (exact) mass is 396 g/mol. The van der Waals surface area contributed by atoms with E-state index in [2.05, 4.69) is 20.6 Å². The Hall–Kier alpha value is -3.55. The first kappa shape index (κ1) is 20.2. The Bertz CT molecular complexity index is 998. The van der Waals surface area contributed by atoms with E-state index in [-0.39, 0.29) is 22.8 Å². The number of phenolic OH excluding ortho intramolecular Hbond substituents is 1. The minimum Gasteiger partial charge on any atom is -0.507 e. The molecule has 0 aliphatic carbocycles. The Kier molecular flexibility index (Phi) is 5.45. The number of amides is 2. The van der Waals surface area contributed by atoms with Crippen molar-refractivity contribution in [3.63, 3.8) is 0 Å². The predicted molar refractivity (Wildman–Crippen MR) is 109 cm³/mol. The Morgan fingerprint density at radius 2 is 2.00 bits per heavy atom. The molecule has 0 radical (unpaired) electrons. The van der Waals surface area contributed by atoms with Crippen molar-refractivity contribution in [2.75, 3.05) is 7.11 Å². The highest BCUT2D eigenvalue weighted by atomic mass is 16.5. The van der Waals surface area contributed by atoms with E-state index in [0.29, 0.717) is 17.0 Å². The molecule has 2 amide bonds. The minimum absolute atomic E-state index is 0.0402. The van der Waals surface area contributed by atoms with Gasteiger partial charge in [0.05, 0.1) is 19.1 Å². The van der Waals surface area contributed by atoms with Gasteiger partial charge < -0.3 is 25.5 Å². The lowest BCUT2D eigenvalue weighted by Gasteiger charge is -2.23. The zero-order chi connectivity index (χ0) is 21.2. The number of benzene rings is 1. The molecule has 2 aromatic rings. The predicted octanol–water partition coefficient (Wildman–Crippen LogP) is 2.09. The highest BCUT2D eigenvalue weighted by molar-refractivity contribution is 6.08. The lowest BCUT2D eigenvalue weighted by atomic mass is 9.90. The van der Waals surface area contributed by atoms with Gasteiger partial charge in [-0.1, -0.05) is 32.9 Å². The summed E-state index contributed by atoms with van der Waals surface area (Å²) in [6.07, 6.45) is 6.18. The van der Waals surface area contributed by atoms with E-state index in [1.807, 2.05) is 20.8 Å². The van der Waals surface area contributed by atoms with Crippen molar-refractivity contribution in [3.8, 4) is 11.5 Å². The number of methoxy groups -OCH3 is 1. The second-order valence-corrected chi connectivity index (χ2v) is 7.70. The van der Waals surface area contributed by atoms with Gasteiger partial charge in [-0.25, -0.2) is 4.98 Å². The molecule has 1 atom stereocenters. The van der Waals surface area contributed by atoms with Crippen LogP contribution in [0.1, 0.15) is 37.7 Å². The van der Waals surface area contributed by atoms with Crippen LogP contribution in [0.15, 0.2) is 36.3 Å². The average molecular weight is 396 g/mol. The van der Waals surface area contributed by atoms with Gasteiger partial charge in [0.2, 0.25) is 0 Å². The second-order valence-electron chi connectivity index (χ2n) is 7.70. The Labute approximate surface area is 168 Å². The molecule has 1 aromatic heterocycles. The SMILES string of the molecule is COc1ccc(O)c(C=CC2NC(=O)/C(=C/c3nc[nH]c3C(C)(C)C)NC2=O)c1. The van der Waals surface area contributed by atoms with Crippen molar-refractivity contribution in [3.05, 3.63) is 53.3 Å². The second kappa shape index (κ2) is 7.83. The van der Waals surface area contributed by atoms with E-state index in [4.69, 9.17) is 4.74 Å². The first-order chi connectivity index (χ1) is 13.7. The van der Waals surface area contributed by atoms with Gasteiger partial charge in [-0.3, -0.25) is 9.59 Å². The molecule has 0 saturated carbocycles. The van der Waals surface area contributed by atoms with Crippen molar-refractivity contribution in [1.82, 2.24) is 20.6 Å². The molecular weight excluding hydrogens is 372 g/mol. The van der Waals surface area contributed by atoms with Crippen LogP contribution in [-0.4, -0.2) is 40.0 Å². The molecule has 1 saturated heterocycles. The number of ether oxygens (including phenoxy) is 1. The maximum atomic E-state index is 12.5. The summed E-state index contributed by atoms with van der Waals surface area (Å²) >= 11 is 0. The molecule has 0 bridgehead atoms. The van der Waals surface area contributed by atoms with Crippen LogP contribution in [0.3, 0.4) is 0 Å². The molecule has 8 heteroatoms. The van der Waals surface area contributed by atoms with Crippen LogP contribution in [0.2, 0.25) is 0 Å². The number of carbonyl (C=O) groups is 2. The van der Waals surface area contributed by atoms with E-state index in [1.165, 1.54) is 19.3 Å². The Morgan fingerprint density at radius 1 is 1.24 bits per heavy atom. The Balaban J connectivity index is 1.78. The lowest BCUT2D eigenvalue weighted by molar-refractivity contribution is -0.129. The number of hydrogen-bond acceptors (Lipinski definition) is 5. The van der Waals surface area contributed by atoms with Crippen molar-refractivity contribution in [2.24, 2.45) is 0 Å². The molecule has 152 valence electrons. The summed E-state index contributed by atoms with van der Waals surface area (Å²) in [6.45, 7) is 6.07. The molecule has 4 N–H and O–H groups in total. The summed E-state index contributed by atoms with van der Waals surface area (Å²) in [5.41, 5.74) is 1.86. The van der Waals surface area contributed by atoms with Gasteiger partial charge in [0, 0.05) is 16.7 Å². The fourth-order valence-electron chi connectivity index (χ4n) is 2.93. The number of piperazine rings is 1. The fraction of sp³-hybridized carbons (Fsp3) is 0.286. The van der Waals surface area contributed by atoms with Gasteiger partial charge in [-0.05, 0) is 24.3 Å². The standard InChI is InChI=1S/C21H24N4O4/c1-21(2,3)18-15(22-11-23-18)10-16-20(28)24-14(19(27)25-16)7-5-12-9-13(29-4)6-8-17(12)26/h5-11,14,26H,1-4H3,(H,22,23)(H,24,28)(H,25,27)/b7-5?,16-10-. The highest BCUT2D eigenvalue weighted by Crippen LogP contribution is 2.25. The zero-order valence-electron chi connectivity index (χ0n) is 16.7. The minimum atomic E-state index is -0.869. The van der Waals surface area contributed by atoms with Gasteiger partial charge >= 0.3 is 0 Å². The highest BCUT2D eigenvalue weighted by Gasteiger charge is 2.29. The van der Waals surface area contributed by atoms with Gasteiger partial charge in [-0.2, -0.15) is 0 Å². The van der Waals surface area contributed by atoms with Crippen LogP contribution in [0.25, 0.3) is 12.2 Å². The largest absolute Gasteiger partial charge is 0.507 e. The third kappa shape index (κ3) is 4.48. The quantitative estimate of drug-likeness (QED) is 0.591. The molecule has 1 aromatic carbocycles. The molecule has 1 fully saturated rings. The van der Waals surface area contributed by atoms with Gasteiger partial charge in [0.15, 0.2) is 0 Å². The number of carbonyl (C=O) groups excluding carboxylic acids is 2. The fourth-order valence-corrected chi connectivity index (χ4v) is 2.93. The first-order valence-electron chi connectivity index (χ1n) is 9.11. The number of phenols is 1. The molecule has 1 aliphatic heterocycles. The average Bonchev–Trinajstić information content (AvgIpc) is 3.13. The molecule has 8 nitrogen and oxygen atoms in total. The number of aromatic amines is 1. The van der Waals surface area contributed by atoms with E-state index in [0.717, 1.165) is 5.69 Å². The maximum Gasteiger partial charge on any atom is 0.268 e. The van der Waals surface area contributed by atoms with Crippen LogP contribution >= 0.6 is 0 Å². The molecular formula is C21H24N4O4. The van der Waals surface area contributed by atoms with Crippen LogP contribution in [0.5, 0.6) is 11.5 Å². The normalized spacial score (nSPS) is 18.8. The summed E-state index contributed by atoms with van der Waals surface area (Å²) < 4.78 is 5.13. The summed E-state index contributed by atoms with van der Waals surface area (Å²) in [4.78, 5) is 32.3. The Morgan fingerprint density at radius 3 is 2.69 bits per heavy atom. The smallest absolute Gasteiger partial charge is 0.268 e. The number of nitrogens with one attached hydrogen (secondary N) is 3. The molecule has 0 spiro atoms. The number of aromatic nitrogens is 2. The summed E-state index contributed by atoms with van der Waals surface area (Å²) in [5.74, 6) is -0.198. The van der Waals surface area contributed by atoms with Crippen LogP contribution in [0, 0.1) is 0 Å². The van der Waals surface area contributed by atoms with Crippen LogP contribution < -0.4 is 15.4 Å². The summed E-state index contributed by atoms with van der Waals surface area (Å²) in [7, 11) is 1.52. The van der Waals surface area contributed by atoms with Crippen molar-refractivity contribution < 1.29 is 19.4 Å². The molecule has 29 heavy (non-hydrogen) atoms. The van der Waals surface area contributed by atoms with E-state index in [1.54, 1.807) is 30.6 Å². The van der Waals surface area contributed by atoms with E-state index < -0.39 is 11.9 Å². The van der Waals surface area contributed by atoms with Gasteiger partial charge in [0.1, 0.15) is 23.2 Å². The number of H-pyrrole nitrogens is 1. The summed E-state index contributed by atoms with van der Waals surface area (Å²) in [6, 6.07) is 3.88. The molecule has 2 heterocycles. The van der Waals surface area contributed by atoms with Crippen LogP contribution in [0.4, 0.5) is 0 Å². The van der Waals surface area contributed by atoms with Gasteiger partial charge in [-0.15, -0.1) is 0 Å². The van der Waals surface area contributed by atoms with Crippen LogP contribution in [-0.2, 0) is 15.0 Å². The topological polar surface area (TPSA) is 116 Å². The number of imidazole rings is 1. The first-order valence-corrected chi connectivity index (χ1v) is 9.11. The third-order valence-electron chi connectivity index (χ3n) is 4.47. The van der Waals surface area contributed by atoms with E-state index in [9.17, 15) is 14.7 Å². The molecule has 1 aliphatic rings. The molecule has 3 rings (SSSR count). The number of rotatable bonds is 4. The van der Waals surface area contributed by atoms with Crippen molar-refractivity contribution in [1.29, 1.82) is 0 Å². The third-order valence-corrected chi connectivity index (χ3v) is 4.47. The van der Waals surface area contributed by atoms with Gasteiger partial charge in [0.25, 0.3) is 11.8 Å². The van der Waals surface area contributed by atoms with Crippen molar-refractivity contribution in [2.45, 2.75) is 32.2 Å². The van der Waals surface area contributed by atoms with Crippen molar-refractivity contribution >= 4 is 24.0 Å². The number of nitrogens with zero attached hydrogens (tertiary/aromatic N) is 1. The summed E-state index contributed by atoms with van der Waals surface area (Å²) in [5, 5.41) is 15.2.